The van der Waals surface area contributed by atoms with Crippen molar-refractivity contribution in [2.24, 2.45) is 17.6 Å². The molecule has 1 saturated carbocycles. The Balaban J connectivity index is 1.94. The van der Waals surface area contributed by atoms with Crippen LogP contribution in [0.15, 0.2) is 23.0 Å². The first kappa shape index (κ1) is 13.8. The standard InChI is InChI=1S/C17H22N4O/c1-3-21-16(22)14-6-4-5-13(10(2)18)15(14)19-17(21)20-8-11-7-12(11)9-20/h4-6,10-12H,3,7-9,18H2,1-2H3. The van der Waals surface area contributed by atoms with E-state index >= 15 is 0 Å². The molecule has 116 valence electrons. The highest BCUT2D eigenvalue weighted by Crippen LogP contribution is 2.45. The third kappa shape index (κ3) is 1.96. The van der Waals surface area contributed by atoms with Crippen molar-refractivity contribution in [1.29, 1.82) is 0 Å². The zero-order valence-corrected chi connectivity index (χ0v) is 13.1. The Labute approximate surface area is 129 Å². The number of nitrogens with two attached hydrogens (primary N) is 1. The molecule has 1 aliphatic heterocycles. The molecule has 2 aliphatic rings. The van der Waals surface area contributed by atoms with Crippen LogP contribution in [0.1, 0.15) is 31.9 Å². The van der Waals surface area contributed by atoms with Crippen molar-refractivity contribution in [1.82, 2.24) is 9.55 Å². The summed E-state index contributed by atoms with van der Waals surface area (Å²) in [5, 5.41) is 0.671. The third-order valence-electron chi connectivity index (χ3n) is 5.06. The summed E-state index contributed by atoms with van der Waals surface area (Å²) in [6.45, 7) is 6.65. The molecule has 4 rings (SSSR count). The van der Waals surface area contributed by atoms with Gasteiger partial charge in [-0.1, -0.05) is 12.1 Å². The molecule has 0 bridgehead atoms. The maximum atomic E-state index is 12.9. The molecule has 2 N–H and O–H groups in total. The van der Waals surface area contributed by atoms with Crippen molar-refractivity contribution in [2.45, 2.75) is 32.9 Å². The van der Waals surface area contributed by atoms with Crippen molar-refractivity contribution in [2.75, 3.05) is 18.0 Å². The van der Waals surface area contributed by atoms with Gasteiger partial charge in [0.05, 0.1) is 10.9 Å². The SMILES string of the molecule is CCn1c(N2CC3CC3C2)nc2c(C(C)N)cccc2c1=O. The van der Waals surface area contributed by atoms with Gasteiger partial charge in [0, 0.05) is 25.7 Å². The Hall–Kier alpha value is -1.88. The van der Waals surface area contributed by atoms with Crippen molar-refractivity contribution >= 4 is 16.9 Å². The van der Waals surface area contributed by atoms with Crippen LogP contribution in [0.3, 0.4) is 0 Å². The van der Waals surface area contributed by atoms with Gasteiger partial charge in [-0.3, -0.25) is 9.36 Å². The van der Waals surface area contributed by atoms with E-state index in [2.05, 4.69) is 4.90 Å². The van der Waals surface area contributed by atoms with Gasteiger partial charge in [-0.15, -0.1) is 0 Å². The maximum Gasteiger partial charge on any atom is 0.262 e. The summed E-state index contributed by atoms with van der Waals surface area (Å²) >= 11 is 0. The van der Waals surface area contributed by atoms with Gasteiger partial charge in [0.1, 0.15) is 0 Å². The van der Waals surface area contributed by atoms with Crippen molar-refractivity contribution in [3.8, 4) is 0 Å². The van der Waals surface area contributed by atoms with Crippen LogP contribution in [0.5, 0.6) is 0 Å². The summed E-state index contributed by atoms with van der Waals surface area (Å²) in [5.41, 5.74) is 7.83. The number of aromatic nitrogens is 2. The van der Waals surface area contributed by atoms with Gasteiger partial charge in [0.15, 0.2) is 0 Å². The molecule has 5 heteroatoms. The summed E-state index contributed by atoms with van der Waals surface area (Å²) in [4.78, 5) is 20.0. The van der Waals surface area contributed by atoms with Crippen molar-refractivity contribution in [3.05, 3.63) is 34.1 Å². The average molecular weight is 298 g/mol. The number of piperidine rings is 1. The molecular formula is C17H22N4O. The largest absolute Gasteiger partial charge is 0.342 e. The fraction of sp³-hybridized carbons (Fsp3) is 0.529. The molecule has 5 nitrogen and oxygen atoms in total. The molecule has 2 fully saturated rings. The maximum absolute atomic E-state index is 12.9. The number of benzene rings is 1. The average Bonchev–Trinajstić information content (AvgIpc) is 3.12. The van der Waals surface area contributed by atoms with Gasteiger partial charge in [-0.05, 0) is 43.7 Å². The molecule has 1 saturated heterocycles. The first-order valence-corrected chi connectivity index (χ1v) is 8.14. The quantitative estimate of drug-likeness (QED) is 0.940. The molecule has 2 aromatic rings. The number of anilines is 1. The second kappa shape index (κ2) is 4.81. The van der Waals surface area contributed by atoms with E-state index in [1.807, 2.05) is 32.0 Å². The first-order chi connectivity index (χ1) is 10.6. The highest BCUT2D eigenvalue weighted by atomic mass is 16.1. The molecule has 22 heavy (non-hydrogen) atoms. The van der Waals surface area contributed by atoms with Gasteiger partial charge in [-0.25, -0.2) is 4.98 Å². The van der Waals surface area contributed by atoms with Gasteiger partial charge in [0.2, 0.25) is 5.95 Å². The van der Waals surface area contributed by atoms with E-state index in [1.165, 1.54) is 6.42 Å². The summed E-state index contributed by atoms with van der Waals surface area (Å²) in [5.74, 6) is 2.43. The lowest BCUT2D eigenvalue weighted by molar-refractivity contribution is 0.671. The number of hydrogen-bond acceptors (Lipinski definition) is 4. The van der Waals surface area contributed by atoms with Crippen LogP contribution in [-0.2, 0) is 6.54 Å². The number of hydrogen-bond donors (Lipinski definition) is 1. The molecular weight excluding hydrogens is 276 g/mol. The van der Waals surface area contributed by atoms with Crippen LogP contribution in [0.4, 0.5) is 5.95 Å². The Morgan fingerprint density at radius 1 is 1.36 bits per heavy atom. The topological polar surface area (TPSA) is 64.2 Å². The van der Waals surface area contributed by atoms with Crippen LogP contribution in [-0.4, -0.2) is 22.6 Å². The molecule has 3 unspecified atom stereocenters. The van der Waals surface area contributed by atoms with Crippen LogP contribution < -0.4 is 16.2 Å². The molecule has 3 atom stereocenters. The van der Waals surface area contributed by atoms with Gasteiger partial charge >= 0.3 is 0 Å². The number of fused-ring (bicyclic) bond motifs is 2. The molecule has 1 aromatic carbocycles. The number of nitrogens with zero attached hydrogens (tertiary/aromatic N) is 3. The summed E-state index contributed by atoms with van der Waals surface area (Å²) in [6, 6.07) is 5.59. The molecule has 1 aromatic heterocycles. The van der Waals surface area contributed by atoms with E-state index in [1.54, 1.807) is 4.57 Å². The highest BCUT2D eigenvalue weighted by molar-refractivity contribution is 5.82. The summed E-state index contributed by atoms with van der Waals surface area (Å²) in [7, 11) is 0. The van der Waals surface area contributed by atoms with Gasteiger partial charge in [0.25, 0.3) is 5.56 Å². The normalized spacial score (nSPS) is 24.6. The molecule has 0 amide bonds. The van der Waals surface area contributed by atoms with E-state index in [9.17, 15) is 4.79 Å². The fourth-order valence-electron chi connectivity index (χ4n) is 3.71. The zero-order chi connectivity index (χ0) is 15.4. The van der Waals surface area contributed by atoms with Gasteiger partial charge < -0.3 is 10.6 Å². The van der Waals surface area contributed by atoms with Gasteiger partial charge in [-0.2, -0.15) is 0 Å². The van der Waals surface area contributed by atoms with Crippen LogP contribution >= 0.6 is 0 Å². The lowest BCUT2D eigenvalue weighted by Crippen LogP contribution is -2.32. The predicted molar refractivity (Wildman–Crippen MR) is 88.1 cm³/mol. The third-order valence-corrected chi connectivity index (χ3v) is 5.06. The smallest absolute Gasteiger partial charge is 0.262 e. The number of rotatable bonds is 3. The molecule has 2 heterocycles. The highest BCUT2D eigenvalue weighted by Gasteiger charge is 2.46. The summed E-state index contributed by atoms with van der Waals surface area (Å²) < 4.78 is 1.80. The van der Waals surface area contributed by atoms with Crippen LogP contribution in [0.2, 0.25) is 0 Å². The van der Waals surface area contributed by atoms with Crippen molar-refractivity contribution < 1.29 is 0 Å². The van der Waals surface area contributed by atoms with E-state index < -0.39 is 0 Å². The summed E-state index contributed by atoms with van der Waals surface area (Å²) in [6.07, 6.45) is 1.34. The lowest BCUT2D eigenvalue weighted by Gasteiger charge is -2.23. The lowest BCUT2D eigenvalue weighted by atomic mass is 10.1. The van der Waals surface area contributed by atoms with Crippen molar-refractivity contribution in [3.63, 3.8) is 0 Å². The van der Waals surface area contributed by atoms with E-state index in [0.29, 0.717) is 11.9 Å². The zero-order valence-electron chi connectivity index (χ0n) is 13.1. The minimum absolute atomic E-state index is 0.0468. The Kier molecular flexibility index (Phi) is 3.01. The van der Waals surface area contributed by atoms with Crippen LogP contribution in [0, 0.1) is 11.8 Å². The molecule has 0 radical (unpaired) electrons. The Morgan fingerprint density at radius 2 is 2.09 bits per heavy atom. The second-order valence-electron chi connectivity index (χ2n) is 6.65. The minimum atomic E-state index is -0.132. The monoisotopic (exact) mass is 298 g/mol. The van der Waals surface area contributed by atoms with E-state index in [-0.39, 0.29) is 11.6 Å². The Bertz CT molecular complexity index is 785. The van der Waals surface area contributed by atoms with E-state index in [0.717, 1.165) is 42.0 Å². The number of para-hydroxylation sites is 1. The Morgan fingerprint density at radius 3 is 2.73 bits per heavy atom. The molecule has 0 spiro atoms. The first-order valence-electron chi connectivity index (χ1n) is 8.14. The minimum Gasteiger partial charge on any atom is -0.342 e. The van der Waals surface area contributed by atoms with Crippen LogP contribution in [0.25, 0.3) is 10.9 Å². The second-order valence-corrected chi connectivity index (χ2v) is 6.65. The molecule has 1 aliphatic carbocycles. The fourth-order valence-corrected chi connectivity index (χ4v) is 3.71. The van der Waals surface area contributed by atoms with E-state index in [4.69, 9.17) is 10.7 Å². The predicted octanol–water partition coefficient (Wildman–Crippen LogP) is 1.89.